The summed E-state index contributed by atoms with van der Waals surface area (Å²) in [6.45, 7) is 1.71. The number of hydrogen-bond acceptors (Lipinski definition) is 4. The van der Waals surface area contributed by atoms with Crippen molar-refractivity contribution in [3.63, 3.8) is 0 Å². The average Bonchev–Trinajstić information content (AvgIpc) is 2.47. The predicted octanol–water partition coefficient (Wildman–Crippen LogP) is 0.702. The number of hydrogen-bond donors (Lipinski definition) is 2. The summed E-state index contributed by atoms with van der Waals surface area (Å²) in [4.78, 5) is 13.5. The van der Waals surface area contributed by atoms with Gasteiger partial charge < -0.3 is 20.1 Å². The van der Waals surface area contributed by atoms with E-state index in [1.54, 1.807) is 13.2 Å². The van der Waals surface area contributed by atoms with Crippen molar-refractivity contribution in [3.05, 3.63) is 29.6 Å². The minimum Gasteiger partial charge on any atom is -0.390 e. The minimum atomic E-state index is -0.708. The van der Waals surface area contributed by atoms with Crippen molar-refractivity contribution in [2.45, 2.75) is 18.9 Å². The van der Waals surface area contributed by atoms with Gasteiger partial charge in [0.15, 0.2) is 0 Å². The number of benzene rings is 1. The van der Waals surface area contributed by atoms with E-state index < -0.39 is 6.10 Å². The lowest BCUT2D eigenvalue weighted by molar-refractivity contribution is -0.119. The van der Waals surface area contributed by atoms with Gasteiger partial charge in [0.2, 0.25) is 5.91 Å². The third-order valence-corrected chi connectivity index (χ3v) is 3.50. The van der Waals surface area contributed by atoms with Crippen LogP contribution in [-0.2, 0) is 16.0 Å². The second-order valence-electron chi connectivity index (χ2n) is 5.13. The van der Waals surface area contributed by atoms with Crippen LogP contribution in [0.15, 0.2) is 18.2 Å². The second kappa shape index (κ2) is 7.49. The highest BCUT2D eigenvalue weighted by molar-refractivity contribution is 5.96. The molecule has 1 unspecified atom stereocenters. The van der Waals surface area contributed by atoms with Crippen LogP contribution in [0.5, 0.6) is 0 Å². The summed E-state index contributed by atoms with van der Waals surface area (Å²) in [6, 6.07) is 4.46. The number of carbonyl (C=O) groups is 1. The first-order chi connectivity index (χ1) is 10.1. The third kappa shape index (κ3) is 4.23. The lowest BCUT2D eigenvalue weighted by Gasteiger charge is -2.31. The van der Waals surface area contributed by atoms with E-state index in [2.05, 4.69) is 5.32 Å². The van der Waals surface area contributed by atoms with Crippen molar-refractivity contribution in [1.82, 2.24) is 5.32 Å². The largest absolute Gasteiger partial charge is 0.390 e. The standard InChI is InChI=1S/C15H21FN2O3/c1-21-7-6-17-9-13(19)10-18-14-8-12(16)4-2-11(14)3-5-15(18)20/h2,4,8,13,17,19H,3,5-7,9-10H2,1H3. The Hall–Kier alpha value is -1.50. The fourth-order valence-corrected chi connectivity index (χ4v) is 2.43. The highest BCUT2D eigenvalue weighted by atomic mass is 19.1. The summed E-state index contributed by atoms with van der Waals surface area (Å²) >= 11 is 0. The number of β-amino-alcohol motifs (C(OH)–C–C–N with tert-alkyl or cyclic N) is 1. The first-order valence-corrected chi connectivity index (χ1v) is 7.08. The summed E-state index contributed by atoms with van der Waals surface area (Å²) in [5.41, 5.74) is 1.51. The molecule has 0 aromatic heterocycles. The van der Waals surface area contributed by atoms with Crippen molar-refractivity contribution in [3.8, 4) is 0 Å². The van der Waals surface area contributed by atoms with E-state index in [0.717, 1.165) is 5.56 Å². The SMILES string of the molecule is COCCNCC(O)CN1C(=O)CCc2ccc(F)cc21. The van der Waals surface area contributed by atoms with E-state index in [9.17, 15) is 14.3 Å². The topological polar surface area (TPSA) is 61.8 Å². The molecule has 1 aliphatic heterocycles. The van der Waals surface area contributed by atoms with Gasteiger partial charge in [-0.1, -0.05) is 6.07 Å². The number of aryl methyl sites for hydroxylation is 1. The summed E-state index contributed by atoms with van der Waals surface area (Å²) < 4.78 is 18.3. The maximum atomic E-state index is 13.4. The molecule has 1 amide bonds. The molecule has 2 N–H and O–H groups in total. The van der Waals surface area contributed by atoms with Gasteiger partial charge in [-0.05, 0) is 24.1 Å². The molecule has 6 heteroatoms. The molecule has 0 spiro atoms. The molecule has 1 aliphatic rings. The van der Waals surface area contributed by atoms with Gasteiger partial charge in [-0.15, -0.1) is 0 Å². The second-order valence-corrected chi connectivity index (χ2v) is 5.13. The Morgan fingerprint density at radius 3 is 3.05 bits per heavy atom. The van der Waals surface area contributed by atoms with E-state index in [4.69, 9.17) is 4.74 Å². The minimum absolute atomic E-state index is 0.0796. The molecule has 0 radical (unpaired) electrons. The van der Waals surface area contributed by atoms with Crippen molar-refractivity contribution in [2.24, 2.45) is 0 Å². The number of nitrogens with zero attached hydrogens (tertiary/aromatic N) is 1. The maximum absolute atomic E-state index is 13.4. The number of aliphatic hydroxyl groups is 1. The highest BCUT2D eigenvalue weighted by Crippen LogP contribution is 2.28. The number of amides is 1. The van der Waals surface area contributed by atoms with Gasteiger partial charge in [-0.3, -0.25) is 4.79 Å². The van der Waals surface area contributed by atoms with Crippen molar-refractivity contribution >= 4 is 11.6 Å². The van der Waals surface area contributed by atoms with Gasteiger partial charge in [-0.25, -0.2) is 4.39 Å². The Bertz CT molecular complexity index is 496. The third-order valence-electron chi connectivity index (χ3n) is 3.50. The molecular weight excluding hydrogens is 275 g/mol. The average molecular weight is 296 g/mol. The molecule has 2 rings (SSSR count). The van der Waals surface area contributed by atoms with Gasteiger partial charge >= 0.3 is 0 Å². The Kier molecular flexibility index (Phi) is 5.67. The number of ether oxygens (including phenoxy) is 1. The first-order valence-electron chi connectivity index (χ1n) is 7.08. The molecule has 0 saturated carbocycles. The van der Waals surface area contributed by atoms with Crippen LogP contribution in [0.25, 0.3) is 0 Å². The van der Waals surface area contributed by atoms with E-state index in [1.807, 2.05) is 0 Å². The van der Waals surface area contributed by atoms with E-state index in [1.165, 1.54) is 17.0 Å². The van der Waals surface area contributed by atoms with Crippen LogP contribution in [0.2, 0.25) is 0 Å². The molecule has 1 heterocycles. The number of fused-ring (bicyclic) bond motifs is 1. The summed E-state index contributed by atoms with van der Waals surface area (Å²) in [5.74, 6) is -0.454. The number of rotatable bonds is 7. The van der Waals surface area contributed by atoms with Gasteiger partial charge in [0.1, 0.15) is 5.82 Å². The van der Waals surface area contributed by atoms with Crippen LogP contribution >= 0.6 is 0 Å². The molecule has 1 aromatic rings. The fourth-order valence-electron chi connectivity index (χ4n) is 2.43. The van der Waals surface area contributed by atoms with Crippen LogP contribution in [-0.4, -0.2) is 50.5 Å². The van der Waals surface area contributed by atoms with Gasteiger partial charge in [0.05, 0.1) is 19.3 Å². The molecule has 1 atom stereocenters. The van der Waals surface area contributed by atoms with Gasteiger partial charge in [0, 0.05) is 32.3 Å². The van der Waals surface area contributed by atoms with Gasteiger partial charge in [-0.2, -0.15) is 0 Å². The van der Waals surface area contributed by atoms with Crippen LogP contribution < -0.4 is 10.2 Å². The van der Waals surface area contributed by atoms with Crippen LogP contribution in [0, 0.1) is 5.82 Å². The van der Waals surface area contributed by atoms with Crippen molar-refractivity contribution in [2.75, 3.05) is 38.3 Å². The first kappa shape index (κ1) is 15.9. The molecule has 0 saturated heterocycles. The highest BCUT2D eigenvalue weighted by Gasteiger charge is 2.26. The summed E-state index contributed by atoms with van der Waals surface area (Å²) in [5, 5.41) is 13.1. The predicted molar refractivity (Wildman–Crippen MR) is 77.8 cm³/mol. The quantitative estimate of drug-likeness (QED) is 0.727. The Balaban J connectivity index is 1.99. The van der Waals surface area contributed by atoms with E-state index in [0.29, 0.717) is 38.2 Å². The number of aliphatic hydroxyl groups excluding tert-OH is 1. The molecule has 5 nitrogen and oxygen atoms in total. The molecule has 0 fully saturated rings. The molecular formula is C15H21FN2O3. The number of methoxy groups -OCH3 is 1. The van der Waals surface area contributed by atoms with E-state index in [-0.39, 0.29) is 18.3 Å². The molecule has 0 bridgehead atoms. The van der Waals surface area contributed by atoms with Crippen molar-refractivity contribution in [1.29, 1.82) is 0 Å². The lowest BCUT2D eigenvalue weighted by Crippen LogP contribution is -2.44. The smallest absolute Gasteiger partial charge is 0.227 e. The van der Waals surface area contributed by atoms with E-state index >= 15 is 0 Å². The number of nitrogens with one attached hydrogen (secondary N) is 1. The Morgan fingerprint density at radius 2 is 2.29 bits per heavy atom. The van der Waals surface area contributed by atoms with Crippen molar-refractivity contribution < 1.29 is 19.0 Å². The monoisotopic (exact) mass is 296 g/mol. The Morgan fingerprint density at radius 1 is 1.48 bits per heavy atom. The summed E-state index contributed by atoms with van der Waals surface area (Å²) in [6.07, 6.45) is 0.301. The summed E-state index contributed by atoms with van der Waals surface area (Å²) in [7, 11) is 1.61. The number of carbonyl (C=O) groups excluding carboxylic acids is 1. The molecule has 21 heavy (non-hydrogen) atoms. The maximum Gasteiger partial charge on any atom is 0.227 e. The lowest BCUT2D eigenvalue weighted by atomic mass is 10.0. The van der Waals surface area contributed by atoms with Crippen LogP contribution in [0.4, 0.5) is 10.1 Å². The van der Waals surface area contributed by atoms with Crippen LogP contribution in [0.1, 0.15) is 12.0 Å². The number of anilines is 1. The molecule has 1 aromatic carbocycles. The molecule has 116 valence electrons. The number of halogens is 1. The zero-order valence-electron chi connectivity index (χ0n) is 12.1. The van der Waals surface area contributed by atoms with Crippen LogP contribution in [0.3, 0.4) is 0 Å². The zero-order valence-corrected chi connectivity index (χ0v) is 12.1. The Labute approximate surface area is 123 Å². The normalized spacial score (nSPS) is 16.0. The zero-order chi connectivity index (χ0) is 15.2. The van der Waals surface area contributed by atoms with Gasteiger partial charge in [0.25, 0.3) is 0 Å². The molecule has 0 aliphatic carbocycles. The fraction of sp³-hybridized carbons (Fsp3) is 0.533.